The highest BCUT2D eigenvalue weighted by Crippen LogP contribution is 2.21. The molecule has 0 saturated carbocycles. The first-order valence-corrected chi connectivity index (χ1v) is 7.48. The van der Waals surface area contributed by atoms with Crippen molar-refractivity contribution in [3.05, 3.63) is 57.0 Å². The van der Waals surface area contributed by atoms with Crippen LogP contribution in [0.3, 0.4) is 0 Å². The van der Waals surface area contributed by atoms with Crippen molar-refractivity contribution in [1.29, 1.82) is 0 Å². The maximum absolute atomic E-state index is 11.7. The molecule has 3 nitrogen and oxygen atoms in total. The van der Waals surface area contributed by atoms with Crippen molar-refractivity contribution in [3.63, 3.8) is 0 Å². The number of aryl methyl sites for hydroxylation is 1. The fourth-order valence-electron chi connectivity index (χ4n) is 1.51. The molecule has 0 radical (unpaired) electrons. The zero-order valence-electron chi connectivity index (χ0n) is 10.7. The molecule has 2 aromatic rings. The molecule has 5 heteroatoms. The molecule has 0 bridgehead atoms. The van der Waals surface area contributed by atoms with Crippen LogP contribution in [-0.2, 0) is 4.79 Å². The number of hydrogen-bond acceptors (Lipinski definition) is 3. The topological polar surface area (TPSA) is 35.5 Å². The van der Waals surface area contributed by atoms with E-state index in [0.29, 0.717) is 11.5 Å². The fourth-order valence-corrected chi connectivity index (χ4v) is 2.02. The number of halogens is 2. The second kappa shape index (κ2) is 6.90. The summed E-state index contributed by atoms with van der Waals surface area (Å²) >= 11 is 6.72. The first kappa shape index (κ1) is 15.1. The third kappa shape index (κ3) is 4.35. The highest BCUT2D eigenvalue weighted by atomic mass is 79.9. The smallest absolute Gasteiger partial charge is 0.349 e. The van der Waals surface area contributed by atoms with E-state index in [1.807, 2.05) is 31.2 Å². The Kier molecular flexibility index (Phi) is 5.20. The minimum atomic E-state index is -0.437. The van der Waals surface area contributed by atoms with Crippen molar-refractivity contribution < 1.29 is 14.3 Å². The Morgan fingerprint density at radius 1 is 1.05 bits per heavy atom. The van der Waals surface area contributed by atoms with E-state index >= 15 is 0 Å². The zero-order valence-corrected chi connectivity index (χ0v) is 13.9. The summed E-state index contributed by atoms with van der Waals surface area (Å²) in [7, 11) is 0. The predicted molar refractivity (Wildman–Crippen MR) is 84.2 cm³/mol. The molecule has 0 heterocycles. The highest BCUT2D eigenvalue weighted by molar-refractivity contribution is 9.10. The minimum absolute atomic E-state index is 0.128. The maximum Gasteiger partial charge on any atom is 0.349 e. The number of rotatable bonds is 4. The fraction of sp³-hybridized carbons (Fsp3) is 0.133. The molecule has 2 aromatic carbocycles. The minimum Gasteiger partial charge on any atom is -0.482 e. The van der Waals surface area contributed by atoms with Gasteiger partial charge in [-0.15, -0.1) is 0 Å². The average molecular weight is 400 g/mol. The van der Waals surface area contributed by atoms with E-state index in [2.05, 4.69) is 31.9 Å². The first-order valence-electron chi connectivity index (χ1n) is 5.90. The number of benzene rings is 2. The van der Waals surface area contributed by atoms with Crippen molar-refractivity contribution in [1.82, 2.24) is 0 Å². The Hall–Kier alpha value is -1.33. The van der Waals surface area contributed by atoms with Gasteiger partial charge in [0.2, 0.25) is 0 Å². The van der Waals surface area contributed by atoms with Crippen LogP contribution in [0.15, 0.2) is 51.4 Å². The molecule has 0 unspecified atom stereocenters. The van der Waals surface area contributed by atoms with Crippen molar-refractivity contribution in [2.45, 2.75) is 6.92 Å². The molecule has 0 fully saturated rings. The zero-order chi connectivity index (χ0) is 14.5. The molecular weight excluding hydrogens is 388 g/mol. The molecule has 0 amide bonds. The van der Waals surface area contributed by atoms with E-state index in [1.165, 1.54) is 0 Å². The van der Waals surface area contributed by atoms with Crippen LogP contribution in [0.25, 0.3) is 0 Å². The average Bonchev–Trinajstić information content (AvgIpc) is 2.43. The van der Waals surface area contributed by atoms with Gasteiger partial charge in [0, 0.05) is 8.95 Å². The number of ether oxygens (including phenoxy) is 2. The second-order valence-corrected chi connectivity index (χ2v) is 5.90. The highest BCUT2D eigenvalue weighted by Gasteiger charge is 2.07. The lowest BCUT2D eigenvalue weighted by atomic mass is 10.2. The van der Waals surface area contributed by atoms with Crippen molar-refractivity contribution in [2.24, 2.45) is 0 Å². The molecule has 0 aromatic heterocycles. The number of hydrogen-bond donors (Lipinski definition) is 0. The summed E-state index contributed by atoms with van der Waals surface area (Å²) in [5.41, 5.74) is 1.05. The number of carbonyl (C=O) groups excluding carboxylic acids is 1. The standard InChI is InChI=1S/C15H12Br2O3/c1-10-8-13(6-7-14(10)17)19-9-15(18)20-12-4-2-11(16)3-5-12/h2-8H,9H2,1H3. The predicted octanol–water partition coefficient (Wildman–Crippen LogP) is 4.50. The maximum atomic E-state index is 11.7. The second-order valence-electron chi connectivity index (χ2n) is 4.13. The van der Waals surface area contributed by atoms with Crippen molar-refractivity contribution in [3.8, 4) is 11.5 Å². The van der Waals surface area contributed by atoms with Gasteiger partial charge in [-0.2, -0.15) is 0 Å². The summed E-state index contributed by atoms with van der Waals surface area (Å²) < 4.78 is 12.5. The van der Waals surface area contributed by atoms with E-state index in [9.17, 15) is 4.79 Å². The molecule has 0 N–H and O–H groups in total. The first-order chi connectivity index (χ1) is 9.54. The monoisotopic (exact) mass is 398 g/mol. The van der Waals surface area contributed by atoms with Gasteiger partial charge in [-0.05, 0) is 55.0 Å². The van der Waals surface area contributed by atoms with Gasteiger partial charge < -0.3 is 9.47 Å². The normalized spacial score (nSPS) is 10.2. The van der Waals surface area contributed by atoms with Crippen LogP contribution in [-0.4, -0.2) is 12.6 Å². The SMILES string of the molecule is Cc1cc(OCC(=O)Oc2ccc(Br)cc2)ccc1Br. The summed E-state index contributed by atoms with van der Waals surface area (Å²) in [6.45, 7) is 1.83. The van der Waals surface area contributed by atoms with Crippen LogP contribution in [0.5, 0.6) is 11.5 Å². The lowest BCUT2D eigenvalue weighted by Gasteiger charge is -2.08. The molecule has 0 aliphatic heterocycles. The van der Waals surface area contributed by atoms with Crippen molar-refractivity contribution in [2.75, 3.05) is 6.61 Å². The van der Waals surface area contributed by atoms with Gasteiger partial charge in [0.25, 0.3) is 0 Å². The van der Waals surface area contributed by atoms with Crippen LogP contribution in [0.2, 0.25) is 0 Å². The number of esters is 1. The quantitative estimate of drug-likeness (QED) is 0.560. The summed E-state index contributed by atoms with van der Waals surface area (Å²) in [4.78, 5) is 11.7. The van der Waals surface area contributed by atoms with Crippen LogP contribution in [0, 0.1) is 6.92 Å². The number of carbonyl (C=O) groups is 1. The summed E-state index contributed by atoms with van der Waals surface area (Å²) in [5.74, 6) is 0.695. The molecular formula is C15H12Br2O3. The molecule has 0 aliphatic carbocycles. The van der Waals surface area contributed by atoms with Crippen molar-refractivity contribution >= 4 is 37.8 Å². The Morgan fingerprint density at radius 2 is 1.70 bits per heavy atom. The molecule has 0 saturated heterocycles. The van der Waals surface area contributed by atoms with Crippen LogP contribution < -0.4 is 9.47 Å². The van der Waals surface area contributed by atoms with Crippen LogP contribution >= 0.6 is 31.9 Å². The largest absolute Gasteiger partial charge is 0.482 e. The van der Waals surface area contributed by atoms with E-state index in [1.54, 1.807) is 18.2 Å². The third-order valence-corrected chi connectivity index (χ3v) is 3.95. The summed E-state index contributed by atoms with van der Waals surface area (Å²) in [6, 6.07) is 12.6. The Labute approximate surface area is 134 Å². The Balaban J connectivity index is 1.88. The van der Waals surface area contributed by atoms with E-state index in [0.717, 1.165) is 14.5 Å². The van der Waals surface area contributed by atoms with Crippen LogP contribution in [0.1, 0.15) is 5.56 Å². The molecule has 104 valence electrons. The van der Waals surface area contributed by atoms with Gasteiger partial charge in [-0.25, -0.2) is 4.79 Å². The molecule has 20 heavy (non-hydrogen) atoms. The Bertz CT molecular complexity index is 609. The third-order valence-electron chi connectivity index (χ3n) is 2.53. The van der Waals surface area contributed by atoms with E-state index in [-0.39, 0.29) is 6.61 Å². The van der Waals surface area contributed by atoms with Gasteiger partial charge in [0.05, 0.1) is 0 Å². The van der Waals surface area contributed by atoms with Gasteiger partial charge in [0.15, 0.2) is 6.61 Å². The van der Waals surface area contributed by atoms with Crippen LogP contribution in [0.4, 0.5) is 0 Å². The van der Waals surface area contributed by atoms with E-state index < -0.39 is 5.97 Å². The lowest BCUT2D eigenvalue weighted by Crippen LogP contribution is -2.17. The Morgan fingerprint density at radius 3 is 2.35 bits per heavy atom. The summed E-state index contributed by atoms with van der Waals surface area (Å²) in [5, 5.41) is 0. The van der Waals surface area contributed by atoms with Gasteiger partial charge in [-0.1, -0.05) is 31.9 Å². The lowest BCUT2D eigenvalue weighted by molar-refractivity contribution is -0.136. The summed E-state index contributed by atoms with van der Waals surface area (Å²) in [6.07, 6.45) is 0. The molecule has 0 spiro atoms. The molecule has 0 aliphatic rings. The molecule has 2 rings (SSSR count). The van der Waals surface area contributed by atoms with Gasteiger partial charge >= 0.3 is 5.97 Å². The van der Waals surface area contributed by atoms with Gasteiger partial charge in [0.1, 0.15) is 11.5 Å². The molecule has 0 atom stereocenters. The van der Waals surface area contributed by atoms with E-state index in [4.69, 9.17) is 9.47 Å². The van der Waals surface area contributed by atoms with Gasteiger partial charge in [-0.3, -0.25) is 0 Å².